The maximum absolute atomic E-state index is 11.7. The standard InChI is InChI=1S/C12H17NO2/c1-3-8-9-6-5-7-10(9)13-11(8)12(14)15-4-2/h13H,3-7H2,1-2H3. The van der Waals surface area contributed by atoms with Gasteiger partial charge in [-0.15, -0.1) is 0 Å². The lowest BCUT2D eigenvalue weighted by molar-refractivity contribution is 0.0518. The second kappa shape index (κ2) is 4.09. The van der Waals surface area contributed by atoms with E-state index < -0.39 is 0 Å². The molecule has 15 heavy (non-hydrogen) atoms. The Bertz CT molecular complexity index is 379. The molecule has 0 amide bonds. The highest BCUT2D eigenvalue weighted by atomic mass is 16.5. The van der Waals surface area contributed by atoms with Gasteiger partial charge in [-0.25, -0.2) is 4.79 Å². The van der Waals surface area contributed by atoms with Gasteiger partial charge < -0.3 is 9.72 Å². The summed E-state index contributed by atoms with van der Waals surface area (Å²) in [7, 11) is 0. The van der Waals surface area contributed by atoms with E-state index in [4.69, 9.17) is 4.74 Å². The van der Waals surface area contributed by atoms with E-state index in [0.717, 1.165) is 19.3 Å². The highest BCUT2D eigenvalue weighted by Gasteiger charge is 2.24. The van der Waals surface area contributed by atoms with Crippen molar-refractivity contribution in [3.05, 3.63) is 22.5 Å². The van der Waals surface area contributed by atoms with Crippen molar-refractivity contribution in [3.8, 4) is 0 Å². The fourth-order valence-corrected chi connectivity index (χ4v) is 2.36. The zero-order valence-electron chi connectivity index (χ0n) is 9.35. The smallest absolute Gasteiger partial charge is 0.355 e. The Hall–Kier alpha value is -1.25. The summed E-state index contributed by atoms with van der Waals surface area (Å²) in [6, 6.07) is 0. The van der Waals surface area contributed by atoms with Crippen LogP contribution < -0.4 is 0 Å². The van der Waals surface area contributed by atoms with E-state index in [-0.39, 0.29) is 5.97 Å². The molecule has 0 bridgehead atoms. The summed E-state index contributed by atoms with van der Waals surface area (Å²) in [6.07, 6.45) is 4.29. The van der Waals surface area contributed by atoms with Gasteiger partial charge in [0.1, 0.15) is 5.69 Å². The van der Waals surface area contributed by atoms with Gasteiger partial charge in [-0.05, 0) is 43.7 Å². The maximum atomic E-state index is 11.7. The topological polar surface area (TPSA) is 42.1 Å². The first kappa shape index (κ1) is 10.3. The minimum atomic E-state index is -0.205. The van der Waals surface area contributed by atoms with Gasteiger partial charge in [-0.2, -0.15) is 0 Å². The van der Waals surface area contributed by atoms with Crippen LogP contribution in [0.25, 0.3) is 0 Å². The Morgan fingerprint density at radius 2 is 2.20 bits per heavy atom. The maximum Gasteiger partial charge on any atom is 0.355 e. The number of nitrogens with one attached hydrogen (secondary N) is 1. The fourth-order valence-electron chi connectivity index (χ4n) is 2.36. The number of rotatable bonds is 3. The van der Waals surface area contributed by atoms with Crippen molar-refractivity contribution < 1.29 is 9.53 Å². The van der Waals surface area contributed by atoms with Crippen molar-refractivity contribution in [2.75, 3.05) is 6.61 Å². The molecule has 0 spiro atoms. The molecule has 0 radical (unpaired) electrons. The van der Waals surface area contributed by atoms with E-state index in [1.165, 1.54) is 23.2 Å². The Kier molecular flexibility index (Phi) is 2.80. The number of aromatic amines is 1. The molecule has 1 N–H and O–H groups in total. The Morgan fingerprint density at radius 3 is 2.87 bits per heavy atom. The van der Waals surface area contributed by atoms with Gasteiger partial charge in [-0.1, -0.05) is 6.92 Å². The third-order valence-electron chi connectivity index (χ3n) is 2.99. The van der Waals surface area contributed by atoms with E-state index in [0.29, 0.717) is 12.3 Å². The van der Waals surface area contributed by atoms with Gasteiger partial charge in [0.25, 0.3) is 0 Å². The summed E-state index contributed by atoms with van der Waals surface area (Å²) >= 11 is 0. The van der Waals surface area contributed by atoms with Gasteiger partial charge in [0.15, 0.2) is 0 Å². The van der Waals surface area contributed by atoms with Crippen LogP contribution in [-0.2, 0) is 24.0 Å². The first-order valence-electron chi connectivity index (χ1n) is 5.67. The molecule has 0 atom stereocenters. The highest BCUT2D eigenvalue weighted by molar-refractivity contribution is 5.90. The molecule has 1 aliphatic carbocycles. The molecule has 0 unspecified atom stereocenters. The number of hydrogen-bond donors (Lipinski definition) is 1. The number of fused-ring (bicyclic) bond motifs is 1. The zero-order valence-corrected chi connectivity index (χ0v) is 9.35. The van der Waals surface area contributed by atoms with Crippen molar-refractivity contribution in [1.82, 2.24) is 4.98 Å². The van der Waals surface area contributed by atoms with E-state index in [9.17, 15) is 4.79 Å². The number of carbonyl (C=O) groups excluding carboxylic acids is 1. The van der Waals surface area contributed by atoms with E-state index in [1.807, 2.05) is 6.92 Å². The molecule has 0 fully saturated rings. The lowest BCUT2D eigenvalue weighted by atomic mass is 10.1. The van der Waals surface area contributed by atoms with E-state index in [1.54, 1.807) is 0 Å². The third kappa shape index (κ3) is 1.66. The number of H-pyrrole nitrogens is 1. The van der Waals surface area contributed by atoms with Crippen LogP contribution in [0.3, 0.4) is 0 Å². The Balaban J connectivity index is 2.35. The van der Waals surface area contributed by atoms with Crippen LogP contribution in [0.15, 0.2) is 0 Å². The minimum Gasteiger partial charge on any atom is -0.461 e. The van der Waals surface area contributed by atoms with Crippen molar-refractivity contribution in [3.63, 3.8) is 0 Å². The van der Waals surface area contributed by atoms with Crippen LogP contribution >= 0.6 is 0 Å². The quantitative estimate of drug-likeness (QED) is 0.772. The van der Waals surface area contributed by atoms with Crippen molar-refractivity contribution in [2.24, 2.45) is 0 Å². The lowest BCUT2D eigenvalue weighted by Gasteiger charge is -2.03. The molecule has 1 aromatic heterocycles. The number of aromatic nitrogens is 1. The van der Waals surface area contributed by atoms with Gasteiger partial charge in [0.2, 0.25) is 0 Å². The summed E-state index contributed by atoms with van der Waals surface area (Å²) in [5, 5.41) is 0. The molecular formula is C12H17NO2. The van der Waals surface area contributed by atoms with Crippen LogP contribution in [-0.4, -0.2) is 17.6 Å². The van der Waals surface area contributed by atoms with Gasteiger partial charge in [-0.3, -0.25) is 0 Å². The summed E-state index contributed by atoms with van der Waals surface area (Å²) < 4.78 is 5.04. The van der Waals surface area contributed by atoms with E-state index in [2.05, 4.69) is 11.9 Å². The average Bonchev–Trinajstić information content (AvgIpc) is 2.76. The normalized spacial score (nSPS) is 14.0. The number of carbonyl (C=O) groups is 1. The Labute approximate surface area is 89.8 Å². The summed E-state index contributed by atoms with van der Waals surface area (Å²) in [4.78, 5) is 14.9. The monoisotopic (exact) mass is 207 g/mol. The molecule has 2 rings (SSSR count). The van der Waals surface area contributed by atoms with Crippen molar-refractivity contribution in [2.45, 2.75) is 39.5 Å². The molecule has 1 aromatic rings. The van der Waals surface area contributed by atoms with Crippen LogP contribution in [0.1, 0.15) is 47.6 Å². The molecule has 82 valence electrons. The summed E-state index contributed by atoms with van der Waals surface area (Å²) in [6.45, 7) is 4.36. The van der Waals surface area contributed by atoms with E-state index >= 15 is 0 Å². The van der Waals surface area contributed by atoms with Crippen molar-refractivity contribution >= 4 is 5.97 Å². The second-order valence-electron chi connectivity index (χ2n) is 3.86. The zero-order chi connectivity index (χ0) is 10.8. The van der Waals surface area contributed by atoms with Crippen LogP contribution in [0.2, 0.25) is 0 Å². The highest BCUT2D eigenvalue weighted by Crippen LogP contribution is 2.28. The molecular weight excluding hydrogens is 190 g/mol. The number of hydrogen-bond acceptors (Lipinski definition) is 2. The first-order valence-corrected chi connectivity index (χ1v) is 5.67. The second-order valence-corrected chi connectivity index (χ2v) is 3.86. The summed E-state index contributed by atoms with van der Waals surface area (Å²) in [5.74, 6) is -0.205. The molecule has 0 saturated heterocycles. The predicted molar refractivity (Wildman–Crippen MR) is 58.2 cm³/mol. The van der Waals surface area contributed by atoms with Crippen LogP contribution in [0, 0.1) is 0 Å². The SMILES string of the molecule is CCOC(=O)c1[nH]c2c(c1CC)CCC2. The predicted octanol–water partition coefficient (Wildman–Crippen LogP) is 2.24. The molecule has 3 heteroatoms. The number of ether oxygens (including phenoxy) is 1. The largest absolute Gasteiger partial charge is 0.461 e. The summed E-state index contributed by atoms with van der Waals surface area (Å²) in [5.41, 5.74) is 4.46. The molecule has 1 heterocycles. The fraction of sp³-hybridized carbons (Fsp3) is 0.583. The molecule has 0 aromatic carbocycles. The lowest BCUT2D eigenvalue weighted by Crippen LogP contribution is -2.08. The minimum absolute atomic E-state index is 0.205. The average molecular weight is 207 g/mol. The first-order chi connectivity index (χ1) is 7.27. The third-order valence-corrected chi connectivity index (χ3v) is 2.99. The molecule has 0 saturated carbocycles. The number of esters is 1. The van der Waals surface area contributed by atoms with Crippen LogP contribution in [0.4, 0.5) is 0 Å². The number of aryl methyl sites for hydroxylation is 1. The van der Waals surface area contributed by atoms with Gasteiger partial charge in [0, 0.05) is 5.69 Å². The molecule has 1 aliphatic rings. The van der Waals surface area contributed by atoms with Gasteiger partial charge >= 0.3 is 5.97 Å². The molecule has 0 aliphatic heterocycles. The molecule has 3 nitrogen and oxygen atoms in total. The van der Waals surface area contributed by atoms with Gasteiger partial charge in [0.05, 0.1) is 6.61 Å². The van der Waals surface area contributed by atoms with Crippen molar-refractivity contribution in [1.29, 1.82) is 0 Å². The van der Waals surface area contributed by atoms with Crippen LogP contribution in [0.5, 0.6) is 0 Å². The Morgan fingerprint density at radius 1 is 1.40 bits per heavy atom.